The number of amides is 1. The highest BCUT2D eigenvalue weighted by Crippen LogP contribution is 2.25. The third kappa shape index (κ3) is 3.41. The summed E-state index contributed by atoms with van der Waals surface area (Å²) in [5, 5.41) is 6.59. The largest absolute Gasteiger partial charge is 0.440 e. The smallest absolute Gasteiger partial charge is 0.291 e. The molecule has 1 amide bonds. The minimum absolute atomic E-state index is 0.0955. The summed E-state index contributed by atoms with van der Waals surface area (Å²) in [5.41, 5.74) is 1.15. The molecule has 9 heteroatoms. The molecule has 0 fully saturated rings. The van der Waals surface area contributed by atoms with E-state index < -0.39 is 15.7 Å². The monoisotopic (exact) mass is 409 g/mol. The summed E-state index contributed by atoms with van der Waals surface area (Å²) in [7, 11) is -3.51. The van der Waals surface area contributed by atoms with Crippen molar-refractivity contribution >= 4 is 37.4 Å². The maximum absolute atomic E-state index is 12.3. The number of carbonyl (C=O) groups is 1. The van der Waals surface area contributed by atoms with Crippen LogP contribution in [0.2, 0.25) is 0 Å². The Kier molecular flexibility index (Phi) is 4.29. The summed E-state index contributed by atoms with van der Waals surface area (Å²) in [6, 6.07) is 9.66. The summed E-state index contributed by atoms with van der Waals surface area (Å²) in [6.07, 6.45) is 4.38. The molecule has 0 atom stereocenters. The predicted molar refractivity (Wildman–Crippen MR) is 91.0 cm³/mol. The Morgan fingerprint density at radius 1 is 1.29 bits per heavy atom. The molecular formula is C15H12BrN3O4S. The molecule has 0 saturated carbocycles. The second kappa shape index (κ2) is 6.25. The number of benzene rings is 1. The van der Waals surface area contributed by atoms with Crippen LogP contribution in [0.3, 0.4) is 0 Å². The SMILES string of the molecule is CS(=O)(=O)c1ccc(C(=O)Nc2cc(Br)ccc2-n2cccn2)o1. The van der Waals surface area contributed by atoms with Crippen LogP contribution < -0.4 is 5.32 Å². The van der Waals surface area contributed by atoms with Gasteiger partial charge < -0.3 is 9.73 Å². The molecule has 2 aromatic heterocycles. The Morgan fingerprint density at radius 3 is 2.71 bits per heavy atom. The first kappa shape index (κ1) is 16.5. The lowest BCUT2D eigenvalue weighted by atomic mass is 10.2. The second-order valence-electron chi connectivity index (χ2n) is 4.96. The third-order valence-electron chi connectivity index (χ3n) is 3.13. The Labute approximate surface area is 146 Å². The van der Waals surface area contributed by atoms with Crippen molar-refractivity contribution in [1.82, 2.24) is 9.78 Å². The fourth-order valence-electron chi connectivity index (χ4n) is 2.04. The Morgan fingerprint density at radius 2 is 2.08 bits per heavy atom. The lowest BCUT2D eigenvalue weighted by molar-refractivity contribution is 0.0991. The summed E-state index contributed by atoms with van der Waals surface area (Å²) in [5.74, 6) is -0.654. The number of halogens is 1. The minimum Gasteiger partial charge on any atom is -0.440 e. The first-order chi connectivity index (χ1) is 11.3. The van der Waals surface area contributed by atoms with Gasteiger partial charge in [-0.2, -0.15) is 5.10 Å². The summed E-state index contributed by atoms with van der Waals surface area (Å²) >= 11 is 3.35. The number of nitrogens with zero attached hydrogens (tertiary/aromatic N) is 2. The van der Waals surface area contributed by atoms with Crippen molar-refractivity contribution in [2.45, 2.75) is 5.09 Å². The number of aromatic nitrogens is 2. The average Bonchev–Trinajstić information content (AvgIpc) is 3.18. The van der Waals surface area contributed by atoms with Gasteiger partial charge in [-0.25, -0.2) is 13.1 Å². The Hall–Kier alpha value is -2.39. The molecule has 1 N–H and O–H groups in total. The zero-order valence-electron chi connectivity index (χ0n) is 12.4. The van der Waals surface area contributed by atoms with Crippen molar-refractivity contribution in [2.75, 3.05) is 11.6 Å². The number of sulfone groups is 1. The summed E-state index contributed by atoms with van der Waals surface area (Å²) < 4.78 is 30.4. The van der Waals surface area contributed by atoms with Crippen LogP contribution in [0.25, 0.3) is 5.69 Å². The molecule has 2 heterocycles. The van der Waals surface area contributed by atoms with Gasteiger partial charge in [0.2, 0.25) is 14.9 Å². The second-order valence-corrected chi connectivity index (χ2v) is 7.82. The topological polar surface area (TPSA) is 94.2 Å². The number of hydrogen-bond donors (Lipinski definition) is 1. The molecule has 7 nitrogen and oxygen atoms in total. The number of anilines is 1. The van der Waals surface area contributed by atoms with Crippen LogP contribution in [0.4, 0.5) is 5.69 Å². The van der Waals surface area contributed by atoms with Gasteiger partial charge in [-0.1, -0.05) is 15.9 Å². The van der Waals surface area contributed by atoms with Gasteiger partial charge in [0.1, 0.15) is 0 Å². The number of rotatable bonds is 4. The Balaban J connectivity index is 1.92. The van der Waals surface area contributed by atoms with Crippen molar-refractivity contribution in [3.05, 3.63) is 59.0 Å². The van der Waals surface area contributed by atoms with Crippen LogP contribution in [-0.2, 0) is 9.84 Å². The third-order valence-corrected chi connectivity index (χ3v) is 4.57. The van der Waals surface area contributed by atoms with Gasteiger partial charge in [-0.3, -0.25) is 4.79 Å². The average molecular weight is 410 g/mol. The van der Waals surface area contributed by atoms with Gasteiger partial charge in [0, 0.05) is 23.1 Å². The van der Waals surface area contributed by atoms with Gasteiger partial charge in [0.25, 0.3) is 5.91 Å². The maximum Gasteiger partial charge on any atom is 0.291 e. The molecule has 0 aliphatic carbocycles. The highest BCUT2D eigenvalue weighted by atomic mass is 79.9. The van der Waals surface area contributed by atoms with E-state index in [1.807, 2.05) is 6.07 Å². The van der Waals surface area contributed by atoms with Gasteiger partial charge in [0.15, 0.2) is 5.76 Å². The molecule has 124 valence electrons. The van der Waals surface area contributed by atoms with E-state index in [-0.39, 0.29) is 10.9 Å². The zero-order valence-corrected chi connectivity index (χ0v) is 14.8. The molecule has 24 heavy (non-hydrogen) atoms. The van der Waals surface area contributed by atoms with E-state index in [4.69, 9.17) is 4.42 Å². The van der Waals surface area contributed by atoms with Crippen molar-refractivity contribution in [3.63, 3.8) is 0 Å². The fourth-order valence-corrected chi connectivity index (χ4v) is 2.96. The normalized spacial score (nSPS) is 11.4. The van der Waals surface area contributed by atoms with Crippen LogP contribution in [0.15, 0.2) is 62.8 Å². The molecule has 0 spiro atoms. The van der Waals surface area contributed by atoms with Crippen molar-refractivity contribution < 1.29 is 17.6 Å². The van der Waals surface area contributed by atoms with Crippen molar-refractivity contribution in [2.24, 2.45) is 0 Å². The van der Waals surface area contributed by atoms with E-state index in [1.54, 1.807) is 35.3 Å². The number of carbonyl (C=O) groups excluding carboxylic acids is 1. The van der Waals surface area contributed by atoms with E-state index in [0.717, 1.165) is 10.7 Å². The maximum atomic E-state index is 12.3. The molecule has 0 bridgehead atoms. The molecule has 0 aliphatic heterocycles. The van der Waals surface area contributed by atoms with E-state index in [9.17, 15) is 13.2 Å². The quantitative estimate of drug-likeness (QED) is 0.714. The predicted octanol–water partition coefficient (Wildman–Crippen LogP) is 2.88. The van der Waals surface area contributed by atoms with Crippen LogP contribution >= 0.6 is 15.9 Å². The fraction of sp³-hybridized carbons (Fsp3) is 0.0667. The number of hydrogen-bond acceptors (Lipinski definition) is 5. The molecule has 0 saturated heterocycles. The lowest BCUT2D eigenvalue weighted by Crippen LogP contribution is -2.13. The van der Waals surface area contributed by atoms with Crippen LogP contribution in [0.5, 0.6) is 0 Å². The molecular weight excluding hydrogens is 398 g/mol. The van der Waals surface area contributed by atoms with E-state index in [2.05, 4.69) is 26.3 Å². The number of furan rings is 1. The standard InChI is InChI=1S/C15H12BrN3O4S/c1-24(21,22)14-6-5-13(23-14)15(20)18-11-9-10(16)3-4-12(11)19-8-2-7-17-19/h2-9H,1H3,(H,18,20). The molecule has 3 aromatic rings. The highest BCUT2D eigenvalue weighted by molar-refractivity contribution is 9.10. The zero-order chi connectivity index (χ0) is 17.3. The highest BCUT2D eigenvalue weighted by Gasteiger charge is 2.18. The number of nitrogens with one attached hydrogen (secondary N) is 1. The van der Waals surface area contributed by atoms with E-state index >= 15 is 0 Å². The van der Waals surface area contributed by atoms with Gasteiger partial charge in [-0.15, -0.1) is 0 Å². The molecule has 3 rings (SSSR count). The summed E-state index contributed by atoms with van der Waals surface area (Å²) in [6.45, 7) is 0. The minimum atomic E-state index is -3.51. The lowest BCUT2D eigenvalue weighted by Gasteiger charge is -2.11. The van der Waals surface area contributed by atoms with Crippen molar-refractivity contribution in [3.8, 4) is 5.69 Å². The first-order valence-electron chi connectivity index (χ1n) is 6.75. The Bertz CT molecular complexity index is 994. The van der Waals surface area contributed by atoms with Gasteiger partial charge >= 0.3 is 0 Å². The van der Waals surface area contributed by atoms with E-state index in [0.29, 0.717) is 11.4 Å². The molecule has 0 aliphatic rings. The van der Waals surface area contributed by atoms with Crippen molar-refractivity contribution in [1.29, 1.82) is 0 Å². The van der Waals surface area contributed by atoms with Gasteiger partial charge in [-0.05, 0) is 36.4 Å². The van der Waals surface area contributed by atoms with E-state index in [1.165, 1.54) is 12.1 Å². The molecule has 0 unspecified atom stereocenters. The molecule has 0 radical (unpaired) electrons. The molecule has 1 aromatic carbocycles. The van der Waals surface area contributed by atoms with Crippen LogP contribution in [0, 0.1) is 0 Å². The van der Waals surface area contributed by atoms with Gasteiger partial charge in [0.05, 0.1) is 11.4 Å². The van der Waals surface area contributed by atoms with Crippen LogP contribution in [-0.4, -0.2) is 30.4 Å². The first-order valence-corrected chi connectivity index (χ1v) is 9.44. The van der Waals surface area contributed by atoms with Crippen LogP contribution in [0.1, 0.15) is 10.6 Å². The summed E-state index contributed by atoms with van der Waals surface area (Å²) in [4.78, 5) is 12.3.